The minimum atomic E-state index is -0.770. The number of rotatable bonds is 6. The minimum Gasteiger partial charge on any atom is -0.495 e. The van der Waals surface area contributed by atoms with Crippen molar-refractivity contribution in [2.24, 2.45) is 0 Å². The van der Waals surface area contributed by atoms with Crippen LogP contribution in [0.4, 0.5) is 10.5 Å². The molecular weight excluding hydrogens is 330 g/mol. The molecule has 0 spiro atoms. The molecule has 0 aromatic heterocycles. The van der Waals surface area contributed by atoms with E-state index in [-0.39, 0.29) is 0 Å². The lowest BCUT2D eigenvalue weighted by Crippen LogP contribution is -2.37. The van der Waals surface area contributed by atoms with Crippen LogP contribution < -0.4 is 14.4 Å². The Morgan fingerprint density at radius 3 is 2.54 bits per heavy atom. The molecule has 0 radical (unpaired) electrons. The zero-order chi connectivity index (χ0) is 17.5. The Bertz CT molecular complexity index is 678. The second-order valence-electron chi connectivity index (χ2n) is 4.98. The third-order valence-corrected chi connectivity index (χ3v) is 3.68. The summed E-state index contributed by atoms with van der Waals surface area (Å²) >= 11 is 6.08. The van der Waals surface area contributed by atoms with Crippen LogP contribution >= 0.6 is 11.6 Å². The maximum atomic E-state index is 12.0. The summed E-state index contributed by atoms with van der Waals surface area (Å²) in [5, 5.41) is 0.573. The van der Waals surface area contributed by atoms with Crippen molar-refractivity contribution in [3.05, 3.63) is 53.6 Å². The van der Waals surface area contributed by atoms with Gasteiger partial charge < -0.3 is 19.1 Å². The molecule has 6 heteroatoms. The Labute approximate surface area is 146 Å². The largest absolute Gasteiger partial charge is 0.515 e. The molecule has 2 aromatic rings. The van der Waals surface area contributed by atoms with Gasteiger partial charge in [0, 0.05) is 11.6 Å². The van der Waals surface area contributed by atoms with Crippen molar-refractivity contribution in [1.29, 1.82) is 0 Å². The van der Waals surface area contributed by atoms with Crippen LogP contribution in [0.5, 0.6) is 11.5 Å². The molecular formula is C18H20ClNO4. The van der Waals surface area contributed by atoms with Gasteiger partial charge in [0.25, 0.3) is 0 Å². The lowest BCUT2D eigenvalue weighted by atomic mass is 10.2. The summed E-state index contributed by atoms with van der Waals surface area (Å²) in [6.07, 6.45) is -1.33. The predicted molar refractivity (Wildman–Crippen MR) is 94.0 cm³/mol. The summed E-state index contributed by atoms with van der Waals surface area (Å²) in [5.41, 5.74) is 0.743. The van der Waals surface area contributed by atoms with Crippen LogP contribution in [0.15, 0.2) is 48.5 Å². The number of benzene rings is 2. The quantitative estimate of drug-likeness (QED) is 0.428. The van der Waals surface area contributed by atoms with Crippen molar-refractivity contribution in [2.75, 3.05) is 18.6 Å². The molecule has 0 heterocycles. The van der Waals surface area contributed by atoms with Gasteiger partial charge in [-0.15, -0.1) is 0 Å². The van der Waals surface area contributed by atoms with Gasteiger partial charge >= 0.3 is 6.16 Å². The maximum absolute atomic E-state index is 12.0. The van der Waals surface area contributed by atoms with Crippen LogP contribution in [0, 0.1) is 0 Å². The lowest BCUT2D eigenvalue weighted by molar-refractivity contribution is 0.0643. The van der Waals surface area contributed by atoms with E-state index in [2.05, 4.69) is 0 Å². The van der Waals surface area contributed by atoms with Crippen molar-refractivity contribution >= 4 is 23.4 Å². The number of ether oxygens (including phenoxy) is 3. The Hall–Kier alpha value is -2.40. The molecule has 0 aliphatic carbocycles. The molecule has 5 nitrogen and oxygen atoms in total. The van der Waals surface area contributed by atoms with Crippen LogP contribution in [0.25, 0.3) is 0 Å². The van der Waals surface area contributed by atoms with E-state index in [1.54, 1.807) is 56.5 Å². The van der Waals surface area contributed by atoms with E-state index in [1.807, 2.05) is 17.9 Å². The van der Waals surface area contributed by atoms with Crippen LogP contribution in [0.1, 0.15) is 13.8 Å². The molecule has 24 heavy (non-hydrogen) atoms. The van der Waals surface area contributed by atoms with E-state index in [0.717, 1.165) is 5.69 Å². The summed E-state index contributed by atoms with van der Waals surface area (Å²) in [4.78, 5) is 13.8. The minimum absolute atomic E-state index is 0.429. The first-order valence-corrected chi connectivity index (χ1v) is 7.96. The highest BCUT2D eigenvalue weighted by Crippen LogP contribution is 2.32. The van der Waals surface area contributed by atoms with Gasteiger partial charge in [0.05, 0.1) is 12.8 Å². The first-order chi connectivity index (χ1) is 11.5. The molecule has 0 amide bonds. The molecule has 2 aromatic carbocycles. The SMILES string of the molecule is CCN(c1cc(Cl)ccc1OC)C(C)OC(=O)Oc1ccccc1. The molecule has 0 saturated heterocycles. The number of halogens is 1. The fourth-order valence-electron chi connectivity index (χ4n) is 2.32. The summed E-state index contributed by atoms with van der Waals surface area (Å²) in [5.74, 6) is 1.08. The van der Waals surface area contributed by atoms with Gasteiger partial charge in [-0.2, -0.15) is 0 Å². The van der Waals surface area contributed by atoms with E-state index in [9.17, 15) is 4.79 Å². The summed E-state index contributed by atoms with van der Waals surface area (Å²) in [6, 6.07) is 14.1. The first kappa shape index (κ1) is 17.9. The van der Waals surface area contributed by atoms with Crippen molar-refractivity contribution in [1.82, 2.24) is 0 Å². The Kier molecular flexibility index (Phi) is 6.32. The molecule has 2 rings (SSSR count). The van der Waals surface area contributed by atoms with Gasteiger partial charge in [-0.05, 0) is 44.2 Å². The van der Waals surface area contributed by atoms with E-state index in [1.165, 1.54) is 0 Å². The summed E-state index contributed by atoms with van der Waals surface area (Å²) in [7, 11) is 1.58. The van der Waals surface area contributed by atoms with Gasteiger partial charge in [-0.25, -0.2) is 4.79 Å². The number of carbonyl (C=O) groups excluding carboxylic acids is 1. The summed E-state index contributed by atoms with van der Waals surface area (Å²) in [6.45, 7) is 4.30. The lowest BCUT2D eigenvalue weighted by Gasteiger charge is -2.30. The normalized spacial score (nSPS) is 11.5. The number of carbonyl (C=O) groups is 1. The molecule has 0 aliphatic rings. The Morgan fingerprint density at radius 2 is 1.92 bits per heavy atom. The Balaban J connectivity index is 2.10. The highest BCUT2D eigenvalue weighted by atomic mass is 35.5. The van der Waals surface area contributed by atoms with Crippen molar-refractivity contribution in [3.63, 3.8) is 0 Å². The van der Waals surface area contributed by atoms with E-state index in [4.69, 9.17) is 25.8 Å². The predicted octanol–water partition coefficient (Wildman–Crippen LogP) is 4.74. The van der Waals surface area contributed by atoms with Gasteiger partial charge in [0.2, 0.25) is 0 Å². The molecule has 0 fully saturated rings. The maximum Gasteiger partial charge on any atom is 0.515 e. The second kappa shape index (κ2) is 8.45. The van der Waals surface area contributed by atoms with Gasteiger partial charge in [-0.3, -0.25) is 0 Å². The third kappa shape index (κ3) is 4.55. The molecule has 1 unspecified atom stereocenters. The zero-order valence-electron chi connectivity index (χ0n) is 13.9. The number of hydrogen-bond acceptors (Lipinski definition) is 5. The number of nitrogens with zero attached hydrogens (tertiary/aromatic N) is 1. The van der Waals surface area contributed by atoms with E-state index >= 15 is 0 Å². The van der Waals surface area contributed by atoms with E-state index < -0.39 is 12.4 Å². The topological polar surface area (TPSA) is 48.0 Å². The highest BCUT2D eigenvalue weighted by molar-refractivity contribution is 6.30. The number of methoxy groups -OCH3 is 1. The van der Waals surface area contributed by atoms with Crippen LogP contribution in [-0.4, -0.2) is 26.0 Å². The monoisotopic (exact) mass is 349 g/mol. The summed E-state index contributed by atoms with van der Waals surface area (Å²) < 4.78 is 15.9. The Morgan fingerprint density at radius 1 is 1.21 bits per heavy atom. The number of hydrogen-bond donors (Lipinski definition) is 0. The zero-order valence-corrected chi connectivity index (χ0v) is 14.6. The fraction of sp³-hybridized carbons (Fsp3) is 0.278. The van der Waals surface area contributed by atoms with Crippen LogP contribution in [-0.2, 0) is 4.74 Å². The number of anilines is 1. The second-order valence-corrected chi connectivity index (χ2v) is 5.42. The van der Waals surface area contributed by atoms with Crippen molar-refractivity contribution in [2.45, 2.75) is 20.1 Å². The molecule has 128 valence electrons. The fourth-order valence-corrected chi connectivity index (χ4v) is 2.49. The third-order valence-electron chi connectivity index (χ3n) is 3.44. The smallest absolute Gasteiger partial charge is 0.495 e. The van der Waals surface area contributed by atoms with Crippen molar-refractivity contribution < 1.29 is 19.0 Å². The highest BCUT2D eigenvalue weighted by Gasteiger charge is 2.21. The number of para-hydroxylation sites is 1. The van der Waals surface area contributed by atoms with Gasteiger partial charge in [0.15, 0.2) is 6.23 Å². The average Bonchev–Trinajstić information content (AvgIpc) is 2.56. The van der Waals surface area contributed by atoms with Crippen LogP contribution in [0.3, 0.4) is 0 Å². The molecule has 0 N–H and O–H groups in total. The van der Waals surface area contributed by atoms with E-state index in [0.29, 0.717) is 23.1 Å². The van der Waals surface area contributed by atoms with Crippen molar-refractivity contribution in [3.8, 4) is 11.5 Å². The molecule has 0 bridgehead atoms. The standard InChI is InChI=1S/C18H20ClNO4/c1-4-20(16-12-14(19)10-11-17(16)22-3)13(2)23-18(21)24-15-8-6-5-7-9-15/h5-13H,4H2,1-3H3. The van der Waals surface area contributed by atoms with Gasteiger partial charge in [-0.1, -0.05) is 29.8 Å². The molecule has 1 atom stereocenters. The average molecular weight is 350 g/mol. The molecule has 0 aliphatic heterocycles. The molecule has 0 saturated carbocycles. The first-order valence-electron chi connectivity index (χ1n) is 7.58. The van der Waals surface area contributed by atoms with Gasteiger partial charge in [0.1, 0.15) is 11.5 Å². The van der Waals surface area contributed by atoms with Crippen LogP contribution in [0.2, 0.25) is 5.02 Å².